The summed E-state index contributed by atoms with van der Waals surface area (Å²) >= 11 is 0. The summed E-state index contributed by atoms with van der Waals surface area (Å²) < 4.78 is 0. The molecule has 62 valence electrons. The molecule has 0 aromatic carbocycles. The summed E-state index contributed by atoms with van der Waals surface area (Å²) in [7, 11) is 6.22. The molecular weight excluding hydrogens is 128 g/mol. The number of rotatable bonds is 5. The van der Waals surface area contributed by atoms with Crippen molar-refractivity contribution in [1.82, 2.24) is 4.90 Å². The first-order chi connectivity index (χ1) is 4.66. The van der Waals surface area contributed by atoms with E-state index < -0.39 is 0 Å². The Morgan fingerprint density at radius 3 is 2.30 bits per heavy atom. The Balaban J connectivity index is 3.12. The van der Waals surface area contributed by atoms with E-state index in [1.807, 2.05) is 0 Å². The summed E-state index contributed by atoms with van der Waals surface area (Å²) in [6.45, 7) is 3.34. The molecule has 2 N–H and O–H groups in total. The molecule has 0 radical (unpaired) electrons. The lowest BCUT2D eigenvalue weighted by atomic mass is 10.5. The molecule has 0 spiro atoms. The van der Waals surface area contributed by atoms with Gasteiger partial charge in [-0.1, -0.05) is 0 Å². The van der Waals surface area contributed by atoms with Crippen molar-refractivity contribution in [2.75, 3.05) is 47.4 Å². The largest absolute Gasteiger partial charge is 0.391 e. The second-order valence-electron chi connectivity index (χ2n) is 2.98. The number of aliphatic hydroxyl groups excluding tert-OH is 1. The second-order valence-corrected chi connectivity index (χ2v) is 2.98. The molecule has 1 unspecified atom stereocenters. The number of quaternary nitrogens is 1. The highest BCUT2D eigenvalue weighted by Crippen LogP contribution is 1.65. The Hall–Kier alpha value is -0.120. The van der Waals surface area contributed by atoms with E-state index in [0.29, 0.717) is 6.61 Å². The van der Waals surface area contributed by atoms with E-state index in [-0.39, 0.29) is 0 Å². The highest BCUT2D eigenvalue weighted by atomic mass is 16.3. The van der Waals surface area contributed by atoms with Crippen LogP contribution in [0.25, 0.3) is 0 Å². The van der Waals surface area contributed by atoms with E-state index in [0.717, 1.165) is 19.6 Å². The number of nitrogens with zero attached hydrogens (tertiary/aromatic N) is 1. The van der Waals surface area contributed by atoms with Crippen molar-refractivity contribution in [3.05, 3.63) is 0 Å². The van der Waals surface area contributed by atoms with Crippen molar-refractivity contribution >= 4 is 0 Å². The maximum atomic E-state index is 8.57. The molecule has 0 aromatic rings. The third-order valence-electron chi connectivity index (χ3n) is 1.52. The van der Waals surface area contributed by atoms with Crippen LogP contribution in [0.3, 0.4) is 0 Å². The van der Waals surface area contributed by atoms with Crippen molar-refractivity contribution in [2.24, 2.45) is 0 Å². The molecule has 0 bridgehead atoms. The Kier molecular flexibility index (Phi) is 5.58. The zero-order chi connectivity index (χ0) is 7.98. The number of hydrogen-bond donors (Lipinski definition) is 2. The van der Waals surface area contributed by atoms with Crippen LogP contribution >= 0.6 is 0 Å². The number of hydrogen-bond acceptors (Lipinski definition) is 2. The molecule has 10 heavy (non-hydrogen) atoms. The predicted octanol–water partition coefficient (Wildman–Crippen LogP) is -1.94. The normalized spacial score (nSPS) is 14.1. The highest BCUT2D eigenvalue weighted by Gasteiger charge is 1.99. The van der Waals surface area contributed by atoms with Crippen molar-refractivity contribution in [3.63, 3.8) is 0 Å². The monoisotopic (exact) mass is 147 g/mol. The summed E-state index contributed by atoms with van der Waals surface area (Å²) in [6.07, 6.45) is 0. The van der Waals surface area contributed by atoms with Crippen LogP contribution in [0, 0.1) is 0 Å². The maximum Gasteiger partial charge on any atom is 0.100 e. The van der Waals surface area contributed by atoms with Crippen LogP contribution in [-0.2, 0) is 0 Å². The summed E-state index contributed by atoms with van der Waals surface area (Å²) in [5, 5.41) is 8.57. The summed E-state index contributed by atoms with van der Waals surface area (Å²) in [5.41, 5.74) is 0. The Bertz CT molecular complexity index is 76.0. The minimum atomic E-state index is 0.291. The van der Waals surface area contributed by atoms with Gasteiger partial charge in [0.2, 0.25) is 0 Å². The molecule has 1 atom stereocenters. The maximum absolute atomic E-state index is 8.57. The summed E-state index contributed by atoms with van der Waals surface area (Å²) in [5.74, 6) is 0. The van der Waals surface area contributed by atoms with Gasteiger partial charge in [0.25, 0.3) is 0 Å². The zero-order valence-corrected chi connectivity index (χ0v) is 7.22. The van der Waals surface area contributed by atoms with Crippen molar-refractivity contribution in [1.29, 1.82) is 0 Å². The van der Waals surface area contributed by atoms with Gasteiger partial charge in [-0.05, 0) is 14.1 Å². The quantitative estimate of drug-likeness (QED) is 0.473. The zero-order valence-electron chi connectivity index (χ0n) is 7.22. The number of likely N-dealkylation sites (N-methyl/N-ethyl adjacent to an activating group) is 2. The van der Waals surface area contributed by atoms with Gasteiger partial charge in [-0.25, -0.2) is 0 Å². The van der Waals surface area contributed by atoms with Gasteiger partial charge in [0, 0.05) is 6.54 Å². The minimum absolute atomic E-state index is 0.291. The fraction of sp³-hybridized carbons (Fsp3) is 1.00. The SMILES string of the molecule is CN(C)CC[NH+](C)CCO. The molecule has 0 fully saturated rings. The van der Waals surface area contributed by atoms with Gasteiger partial charge in [-0.15, -0.1) is 0 Å². The molecule has 0 aliphatic carbocycles. The van der Waals surface area contributed by atoms with E-state index in [1.165, 1.54) is 4.90 Å². The fourth-order valence-corrected chi connectivity index (χ4v) is 0.730. The van der Waals surface area contributed by atoms with Gasteiger partial charge < -0.3 is 14.9 Å². The lowest BCUT2D eigenvalue weighted by Crippen LogP contribution is -3.10. The second kappa shape index (κ2) is 5.65. The van der Waals surface area contributed by atoms with Crippen LogP contribution in [0.15, 0.2) is 0 Å². The topological polar surface area (TPSA) is 27.9 Å². The first-order valence-corrected chi connectivity index (χ1v) is 3.73. The molecule has 3 heteroatoms. The molecule has 0 amide bonds. The Morgan fingerprint density at radius 1 is 1.30 bits per heavy atom. The first-order valence-electron chi connectivity index (χ1n) is 3.73. The van der Waals surface area contributed by atoms with Crippen molar-refractivity contribution < 1.29 is 10.0 Å². The Morgan fingerprint density at radius 2 is 1.90 bits per heavy atom. The first kappa shape index (κ1) is 9.88. The van der Waals surface area contributed by atoms with Gasteiger partial charge in [0.15, 0.2) is 0 Å². The highest BCUT2D eigenvalue weighted by molar-refractivity contribution is 4.36. The van der Waals surface area contributed by atoms with Crippen molar-refractivity contribution in [3.8, 4) is 0 Å². The average Bonchev–Trinajstić information content (AvgIpc) is 1.85. The van der Waals surface area contributed by atoms with Crippen LogP contribution in [-0.4, -0.2) is 57.4 Å². The van der Waals surface area contributed by atoms with Gasteiger partial charge >= 0.3 is 0 Å². The summed E-state index contributed by atoms with van der Waals surface area (Å²) in [6, 6.07) is 0. The van der Waals surface area contributed by atoms with Gasteiger partial charge in [0.05, 0.1) is 20.2 Å². The lowest BCUT2D eigenvalue weighted by Gasteiger charge is -2.15. The smallest absolute Gasteiger partial charge is 0.100 e. The van der Waals surface area contributed by atoms with Crippen LogP contribution in [0.4, 0.5) is 0 Å². The van der Waals surface area contributed by atoms with Gasteiger partial charge in [0.1, 0.15) is 6.54 Å². The third kappa shape index (κ3) is 6.01. The van der Waals surface area contributed by atoms with E-state index in [9.17, 15) is 0 Å². The molecule has 3 nitrogen and oxygen atoms in total. The standard InChI is InChI=1S/C7H18N2O/c1-8(2)4-5-9(3)6-7-10/h10H,4-7H2,1-3H3/p+1. The number of aliphatic hydroxyl groups is 1. The van der Waals surface area contributed by atoms with Crippen LogP contribution < -0.4 is 4.90 Å². The van der Waals surface area contributed by atoms with Crippen LogP contribution in [0.5, 0.6) is 0 Å². The summed E-state index contributed by atoms with van der Waals surface area (Å²) in [4.78, 5) is 3.54. The van der Waals surface area contributed by atoms with E-state index in [1.54, 1.807) is 0 Å². The predicted molar refractivity (Wildman–Crippen MR) is 42.3 cm³/mol. The molecule has 0 aliphatic rings. The van der Waals surface area contributed by atoms with Crippen LogP contribution in [0.1, 0.15) is 0 Å². The molecule has 0 rings (SSSR count). The van der Waals surface area contributed by atoms with Gasteiger partial charge in [-0.3, -0.25) is 0 Å². The molecule has 0 aliphatic heterocycles. The van der Waals surface area contributed by atoms with Gasteiger partial charge in [-0.2, -0.15) is 0 Å². The fourth-order valence-electron chi connectivity index (χ4n) is 0.730. The average molecular weight is 147 g/mol. The Labute approximate surface area is 63.2 Å². The third-order valence-corrected chi connectivity index (χ3v) is 1.52. The molecule has 0 heterocycles. The minimum Gasteiger partial charge on any atom is -0.391 e. The lowest BCUT2D eigenvalue weighted by molar-refractivity contribution is -0.879. The van der Waals surface area contributed by atoms with Crippen molar-refractivity contribution in [2.45, 2.75) is 0 Å². The number of nitrogens with one attached hydrogen (secondary N) is 1. The van der Waals surface area contributed by atoms with E-state index in [4.69, 9.17) is 5.11 Å². The molecule has 0 aromatic heterocycles. The molecule has 0 saturated heterocycles. The molecular formula is C7H19N2O+. The molecule has 0 saturated carbocycles. The van der Waals surface area contributed by atoms with E-state index in [2.05, 4.69) is 26.0 Å². The van der Waals surface area contributed by atoms with Crippen LogP contribution in [0.2, 0.25) is 0 Å². The van der Waals surface area contributed by atoms with E-state index >= 15 is 0 Å².